The maximum absolute atomic E-state index is 12.4. The number of carbonyl (C=O) groups excluding carboxylic acids is 2. The van der Waals surface area contributed by atoms with Crippen LogP contribution in [0.25, 0.3) is 0 Å². The number of anilines is 1. The molecular formula is C17H28N4O2S. The number of likely N-dealkylation sites (tertiary alicyclic amines) is 1. The van der Waals surface area contributed by atoms with Crippen LogP contribution in [-0.4, -0.2) is 40.0 Å². The number of carbonyl (C=O) groups is 2. The smallest absolute Gasteiger partial charge is 0.229 e. The number of piperidine rings is 1. The zero-order valence-electron chi connectivity index (χ0n) is 15.5. The molecule has 0 aromatic carbocycles. The maximum atomic E-state index is 12.4. The van der Waals surface area contributed by atoms with E-state index < -0.39 is 0 Å². The molecule has 1 saturated heterocycles. The third-order valence-corrected chi connectivity index (χ3v) is 5.36. The van der Waals surface area contributed by atoms with Crippen LogP contribution >= 0.6 is 11.3 Å². The lowest BCUT2D eigenvalue weighted by Crippen LogP contribution is -2.45. The van der Waals surface area contributed by atoms with E-state index in [0.717, 1.165) is 5.01 Å². The van der Waals surface area contributed by atoms with Gasteiger partial charge in [0.05, 0.1) is 0 Å². The minimum absolute atomic E-state index is 0.0190. The summed E-state index contributed by atoms with van der Waals surface area (Å²) in [5.41, 5.74) is -0.440. The molecule has 24 heavy (non-hydrogen) atoms. The first-order valence-electron chi connectivity index (χ1n) is 8.42. The molecule has 0 atom stereocenters. The molecule has 1 N–H and O–H groups in total. The van der Waals surface area contributed by atoms with Crippen LogP contribution in [0.3, 0.4) is 0 Å². The van der Waals surface area contributed by atoms with E-state index in [1.807, 2.05) is 25.7 Å². The summed E-state index contributed by atoms with van der Waals surface area (Å²) in [7, 11) is 0. The molecule has 6 nitrogen and oxygen atoms in total. The third-order valence-electron chi connectivity index (χ3n) is 4.09. The van der Waals surface area contributed by atoms with Crippen LogP contribution in [0.5, 0.6) is 0 Å². The van der Waals surface area contributed by atoms with Gasteiger partial charge in [-0.1, -0.05) is 52.9 Å². The topological polar surface area (TPSA) is 75.2 Å². The van der Waals surface area contributed by atoms with Gasteiger partial charge in [0.25, 0.3) is 0 Å². The molecule has 2 heterocycles. The summed E-state index contributed by atoms with van der Waals surface area (Å²) >= 11 is 1.42. The van der Waals surface area contributed by atoms with E-state index in [2.05, 4.69) is 36.3 Å². The van der Waals surface area contributed by atoms with E-state index in [0.29, 0.717) is 31.1 Å². The second kappa shape index (κ2) is 6.78. The Kier molecular flexibility index (Phi) is 5.32. The van der Waals surface area contributed by atoms with E-state index in [1.165, 1.54) is 11.3 Å². The van der Waals surface area contributed by atoms with Crippen LogP contribution in [0.4, 0.5) is 5.13 Å². The van der Waals surface area contributed by atoms with Gasteiger partial charge in [0.2, 0.25) is 16.9 Å². The van der Waals surface area contributed by atoms with E-state index in [-0.39, 0.29) is 28.6 Å². The van der Waals surface area contributed by atoms with Crippen LogP contribution in [0.2, 0.25) is 0 Å². The highest BCUT2D eigenvalue weighted by Crippen LogP contribution is 2.29. The molecule has 0 aliphatic carbocycles. The Morgan fingerprint density at radius 3 is 2.12 bits per heavy atom. The molecule has 0 saturated carbocycles. The van der Waals surface area contributed by atoms with Crippen molar-refractivity contribution in [2.45, 2.75) is 59.8 Å². The normalized spacial score (nSPS) is 17.0. The van der Waals surface area contributed by atoms with Crippen molar-refractivity contribution in [2.24, 2.45) is 11.3 Å². The maximum Gasteiger partial charge on any atom is 0.229 e. The Bertz CT molecular complexity index is 605. The van der Waals surface area contributed by atoms with Gasteiger partial charge in [-0.3, -0.25) is 9.59 Å². The van der Waals surface area contributed by atoms with Crippen molar-refractivity contribution in [2.75, 3.05) is 18.4 Å². The van der Waals surface area contributed by atoms with Crippen LogP contribution in [0, 0.1) is 11.3 Å². The van der Waals surface area contributed by atoms with Crippen molar-refractivity contribution < 1.29 is 9.59 Å². The molecule has 1 aromatic heterocycles. The van der Waals surface area contributed by atoms with Gasteiger partial charge in [0, 0.05) is 29.8 Å². The Labute approximate surface area is 148 Å². The molecule has 7 heteroatoms. The van der Waals surface area contributed by atoms with Crippen molar-refractivity contribution in [3.05, 3.63) is 5.01 Å². The van der Waals surface area contributed by atoms with Gasteiger partial charge in [-0.25, -0.2) is 0 Å². The monoisotopic (exact) mass is 352 g/mol. The average molecular weight is 353 g/mol. The van der Waals surface area contributed by atoms with Gasteiger partial charge in [-0.15, -0.1) is 10.2 Å². The minimum atomic E-state index is -0.370. The number of hydrogen-bond donors (Lipinski definition) is 1. The van der Waals surface area contributed by atoms with Gasteiger partial charge in [0.15, 0.2) is 0 Å². The van der Waals surface area contributed by atoms with Crippen molar-refractivity contribution >= 4 is 28.3 Å². The lowest BCUT2D eigenvalue weighted by molar-refractivity contribution is -0.142. The number of rotatable bonds is 2. The fourth-order valence-corrected chi connectivity index (χ4v) is 3.41. The highest BCUT2D eigenvalue weighted by Gasteiger charge is 2.32. The van der Waals surface area contributed by atoms with E-state index >= 15 is 0 Å². The van der Waals surface area contributed by atoms with Crippen molar-refractivity contribution in [3.8, 4) is 0 Å². The van der Waals surface area contributed by atoms with Crippen molar-refractivity contribution in [3.63, 3.8) is 0 Å². The first-order valence-corrected chi connectivity index (χ1v) is 9.24. The zero-order valence-corrected chi connectivity index (χ0v) is 16.3. The number of aromatic nitrogens is 2. The van der Waals surface area contributed by atoms with Crippen LogP contribution < -0.4 is 5.32 Å². The number of hydrogen-bond acceptors (Lipinski definition) is 5. The van der Waals surface area contributed by atoms with Crippen LogP contribution in [0.1, 0.15) is 59.4 Å². The van der Waals surface area contributed by atoms with E-state index in [9.17, 15) is 9.59 Å². The molecule has 1 aliphatic rings. The molecule has 1 fully saturated rings. The van der Waals surface area contributed by atoms with E-state index in [4.69, 9.17) is 0 Å². The molecular weight excluding hydrogens is 324 g/mol. The molecule has 2 amide bonds. The van der Waals surface area contributed by atoms with Crippen molar-refractivity contribution in [1.29, 1.82) is 0 Å². The fraction of sp³-hybridized carbons (Fsp3) is 0.765. The summed E-state index contributed by atoms with van der Waals surface area (Å²) in [5.74, 6) is 0.0609. The molecule has 0 unspecified atom stereocenters. The molecule has 0 bridgehead atoms. The molecule has 134 valence electrons. The first-order chi connectivity index (χ1) is 11.0. The van der Waals surface area contributed by atoms with Gasteiger partial charge in [-0.2, -0.15) is 0 Å². The minimum Gasteiger partial charge on any atom is -0.342 e. The lowest BCUT2D eigenvalue weighted by atomic mass is 9.91. The first kappa shape index (κ1) is 18.8. The quantitative estimate of drug-likeness (QED) is 0.887. The van der Waals surface area contributed by atoms with Crippen LogP contribution in [0.15, 0.2) is 0 Å². The molecule has 1 aliphatic heterocycles. The summed E-state index contributed by atoms with van der Waals surface area (Å²) in [5, 5.41) is 12.6. The van der Waals surface area contributed by atoms with Crippen LogP contribution in [-0.2, 0) is 15.0 Å². The second-order valence-electron chi connectivity index (χ2n) is 8.47. The highest BCUT2D eigenvalue weighted by atomic mass is 32.1. The Morgan fingerprint density at radius 2 is 1.67 bits per heavy atom. The number of amides is 2. The summed E-state index contributed by atoms with van der Waals surface area (Å²) in [6.07, 6.45) is 1.39. The lowest BCUT2D eigenvalue weighted by Gasteiger charge is -2.35. The zero-order chi connectivity index (χ0) is 18.1. The molecule has 2 rings (SSSR count). The molecule has 1 aromatic rings. The summed E-state index contributed by atoms with van der Waals surface area (Å²) < 4.78 is 0. The largest absolute Gasteiger partial charge is 0.342 e. The van der Waals surface area contributed by atoms with Gasteiger partial charge in [-0.05, 0) is 12.8 Å². The Morgan fingerprint density at radius 1 is 1.08 bits per heavy atom. The molecule has 0 radical (unpaired) electrons. The number of nitrogens with one attached hydrogen (secondary N) is 1. The fourth-order valence-electron chi connectivity index (χ4n) is 2.60. The Hall–Kier alpha value is -1.50. The second-order valence-corrected chi connectivity index (χ2v) is 9.45. The SMILES string of the molecule is CC(C)(C)C(=O)N1CCC(C(=O)Nc2nnc(C(C)(C)C)s2)CC1. The van der Waals surface area contributed by atoms with Crippen molar-refractivity contribution in [1.82, 2.24) is 15.1 Å². The number of nitrogens with zero attached hydrogens (tertiary/aromatic N) is 3. The summed E-state index contributed by atoms with van der Waals surface area (Å²) in [6.45, 7) is 13.3. The van der Waals surface area contributed by atoms with E-state index in [1.54, 1.807) is 0 Å². The predicted octanol–water partition coefficient (Wildman–Crippen LogP) is 3.06. The predicted molar refractivity (Wildman–Crippen MR) is 96.0 cm³/mol. The summed E-state index contributed by atoms with van der Waals surface area (Å²) in [6, 6.07) is 0. The Balaban J connectivity index is 1.89. The highest BCUT2D eigenvalue weighted by molar-refractivity contribution is 7.15. The summed E-state index contributed by atoms with van der Waals surface area (Å²) in [4.78, 5) is 26.6. The standard InChI is InChI=1S/C17H28N4O2S/c1-16(2,3)13-19-20-15(24-13)18-12(22)11-7-9-21(10-8-11)14(23)17(4,5)6/h11H,7-10H2,1-6H3,(H,18,20,22). The third kappa shape index (κ3) is 4.53. The molecule has 0 spiro atoms. The van der Waals surface area contributed by atoms with Gasteiger partial charge >= 0.3 is 0 Å². The van der Waals surface area contributed by atoms with Gasteiger partial charge < -0.3 is 10.2 Å². The average Bonchev–Trinajstić information content (AvgIpc) is 2.94. The van der Waals surface area contributed by atoms with Gasteiger partial charge in [0.1, 0.15) is 5.01 Å².